The Labute approximate surface area is 97.9 Å². The summed E-state index contributed by atoms with van der Waals surface area (Å²) in [5.41, 5.74) is 0.990. The van der Waals surface area contributed by atoms with Crippen LogP contribution in [0.4, 0.5) is 11.8 Å². The summed E-state index contributed by atoms with van der Waals surface area (Å²) >= 11 is 0. The molecule has 0 amide bonds. The van der Waals surface area contributed by atoms with Crippen molar-refractivity contribution in [3.05, 3.63) is 11.8 Å². The summed E-state index contributed by atoms with van der Waals surface area (Å²) in [7, 11) is 0. The summed E-state index contributed by atoms with van der Waals surface area (Å²) < 4.78 is 0. The zero-order chi connectivity index (χ0) is 11.8. The number of anilines is 2. The molecule has 0 unspecified atom stereocenters. The molecule has 1 aromatic rings. The minimum absolute atomic E-state index is 0.709. The average Bonchev–Trinajstić information content (AvgIpc) is 2.24. The first-order valence-corrected chi connectivity index (χ1v) is 6.09. The highest BCUT2D eigenvalue weighted by atomic mass is 15.1. The van der Waals surface area contributed by atoms with Crippen LogP contribution in [0.3, 0.4) is 0 Å². The zero-order valence-corrected chi connectivity index (χ0v) is 10.5. The highest BCUT2D eigenvalue weighted by Gasteiger charge is 2.00. The van der Waals surface area contributed by atoms with Gasteiger partial charge < -0.3 is 10.6 Å². The molecular weight excluding hydrogens is 200 g/mol. The largest absolute Gasteiger partial charge is 0.370 e. The van der Waals surface area contributed by atoms with Gasteiger partial charge in [0.05, 0.1) is 0 Å². The summed E-state index contributed by atoms with van der Waals surface area (Å²) in [6.45, 7) is 8.06. The lowest BCUT2D eigenvalue weighted by atomic mass is 10.2. The molecule has 0 fully saturated rings. The van der Waals surface area contributed by atoms with Gasteiger partial charge in [-0.25, -0.2) is 4.98 Å². The maximum absolute atomic E-state index is 4.39. The van der Waals surface area contributed by atoms with Crippen molar-refractivity contribution in [2.75, 3.05) is 23.7 Å². The molecule has 1 aromatic heterocycles. The van der Waals surface area contributed by atoms with E-state index in [0.29, 0.717) is 5.95 Å². The van der Waals surface area contributed by atoms with Crippen molar-refractivity contribution >= 4 is 11.8 Å². The molecule has 1 rings (SSSR count). The van der Waals surface area contributed by atoms with Gasteiger partial charge in [0.15, 0.2) is 0 Å². The van der Waals surface area contributed by atoms with E-state index in [-0.39, 0.29) is 0 Å². The van der Waals surface area contributed by atoms with Gasteiger partial charge in [-0.15, -0.1) is 0 Å². The van der Waals surface area contributed by atoms with Crippen LogP contribution in [0.5, 0.6) is 0 Å². The molecule has 0 aromatic carbocycles. The molecule has 0 bridgehead atoms. The minimum Gasteiger partial charge on any atom is -0.370 e. The van der Waals surface area contributed by atoms with Crippen molar-refractivity contribution < 1.29 is 0 Å². The molecule has 0 aliphatic heterocycles. The summed E-state index contributed by atoms with van der Waals surface area (Å²) in [6, 6.07) is 1.98. The van der Waals surface area contributed by atoms with Gasteiger partial charge in [0.1, 0.15) is 5.82 Å². The minimum atomic E-state index is 0.709. The van der Waals surface area contributed by atoms with E-state index in [9.17, 15) is 0 Å². The molecule has 0 saturated heterocycles. The molecule has 0 aliphatic carbocycles. The van der Waals surface area contributed by atoms with E-state index in [2.05, 4.69) is 27.5 Å². The number of hydrogen-bond donors (Lipinski definition) is 2. The Morgan fingerprint density at radius 1 is 1.12 bits per heavy atom. The topological polar surface area (TPSA) is 49.8 Å². The van der Waals surface area contributed by atoms with Crippen LogP contribution >= 0.6 is 0 Å². The molecule has 1 heterocycles. The standard InChI is InChI=1S/C12H22N4/c1-4-6-7-8-14-11-9-10(3)15-12(16-11)13-5-2/h9H,4-8H2,1-3H3,(H2,13,14,15,16). The molecule has 0 spiro atoms. The quantitative estimate of drug-likeness (QED) is 0.696. The molecule has 90 valence electrons. The van der Waals surface area contributed by atoms with Gasteiger partial charge in [-0.2, -0.15) is 4.98 Å². The van der Waals surface area contributed by atoms with Crippen molar-refractivity contribution in [2.24, 2.45) is 0 Å². The van der Waals surface area contributed by atoms with Crippen LogP contribution in [0.2, 0.25) is 0 Å². The third-order valence-electron chi connectivity index (χ3n) is 2.28. The first kappa shape index (κ1) is 12.7. The van der Waals surface area contributed by atoms with Crippen molar-refractivity contribution in [2.45, 2.75) is 40.0 Å². The molecule has 0 atom stereocenters. The normalized spacial score (nSPS) is 10.2. The van der Waals surface area contributed by atoms with E-state index >= 15 is 0 Å². The van der Waals surface area contributed by atoms with Gasteiger partial charge in [0, 0.05) is 24.8 Å². The van der Waals surface area contributed by atoms with Crippen LogP contribution in [0.25, 0.3) is 0 Å². The second kappa shape index (κ2) is 7.04. The second-order valence-corrected chi connectivity index (χ2v) is 3.88. The highest BCUT2D eigenvalue weighted by molar-refractivity contribution is 5.41. The summed E-state index contributed by atoms with van der Waals surface area (Å²) in [4.78, 5) is 8.69. The maximum Gasteiger partial charge on any atom is 0.224 e. The van der Waals surface area contributed by atoms with Crippen LogP contribution in [0, 0.1) is 6.92 Å². The molecule has 2 N–H and O–H groups in total. The van der Waals surface area contributed by atoms with E-state index in [1.54, 1.807) is 0 Å². The monoisotopic (exact) mass is 222 g/mol. The SMILES string of the molecule is CCCCCNc1cc(C)nc(NCC)n1. The molecule has 4 heteroatoms. The zero-order valence-electron chi connectivity index (χ0n) is 10.5. The fourth-order valence-corrected chi connectivity index (χ4v) is 1.49. The average molecular weight is 222 g/mol. The first-order chi connectivity index (χ1) is 7.76. The predicted octanol–water partition coefficient (Wildman–Crippen LogP) is 2.82. The van der Waals surface area contributed by atoms with Crippen molar-refractivity contribution in [1.82, 2.24) is 9.97 Å². The van der Waals surface area contributed by atoms with Gasteiger partial charge in [-0.05, 0) is 20.3 Å². The molecule has 16 heavy (non-hydrogen) atoms. The highest BCUT2D eigenvalue weighted by Crippen LogP contribution is 2.09. The van der Waals surface area contributed by atoms with E-state index in [1.807, 2.05) is 19.9 Å². The van der Waals surface area contributed by atoms with Crippen LogP contribution in [0.15, 0.2) is 6.07 Å². The fraction of sp³-hybridized carbons (Fsp3) is 0.667. The fourth-order valence-electron chi connectivity index (χ4n) is 1.49. The predicted molar refractivity (Wildman–Crippen MR) is 68.9 cm³/mol. The number of unbranched alkanes of at least 4 members (excludes halogenated alkanes) is 2. The van der Waals surface area contributed by atoms with E-state index in [4.69, 9.17) is 0 Å². The van der Waals surface area contributed by atoms with Gasteiger partial charge in [0.2, 0.25) is 5.95 Å². The number of hydrogen-bond acceptors (Lipinski definition) is 4. The number of rotatable bonds is 7. The maximum atomic E-state index is 4.39. The number of nitrogens with zero attached hydrogens (tertiary/aromatic N) is 2. The van der Waals surface area contributed by atoms with Gasteiger partial charge in [-0.3, -0.25) is 0 Å². The molecular formula is C12H22N4. The Morgan fingerprint density at radius 2 is 1.94 bits per heavy atom. The Morgan fingerprint density at radius 3 is 2.62 bits per heavy atom. The lowest BCUT2D eigenvalue weighted by Gasteiger charge is -2.08. The van der Waals surface area contributed by atoms with Crippen LogP contribution in [-0.2, 0) is 0 Å². The second-order valence-electron chi connectivity index (χ2n) is 3.88. The van der Waals surface area contributed by atoms with Gasteiger partial charge in [0.25, 0.3) is 0 Å². The van der Waals surface area contributed by atoms with Crippen molar-refractivity contribution in [3.8, 4) is 0 Å². The Hall–Kier alpha value is -1.32. The third-order valence-corrected chi connectivity index (χ3v) is 2.28. The Balaban J connectivity index is 2.51. The number of nitrogens with one attached hydrogen (secondary N) is 2. The van der Waals surface area contributed by atoms with E-state index < -0.39 is 0 Å². The molecule has 4 nitrogen and oxygen atoms in total. The van der Waals surface area contributed by atoms with E-state index in [1.165, 1.54) is 19.3 Å². The summed E-state index contributed by atoms with van der Waals surface area (Å²) in [5, 5.41) is 6.46. The number of aromatic nitrogens is 2. The summed E-state index contributed by atoms with van der Waals surface area (Å²) in [5.74, 6) is 1.63. The molecule has 0 saturated carbocycles. The van der Waals surface area contributed by atoms with Crippen LogP contribution < -0.4 is 10.6 Å². The smallest absolute Gasteiger partial charge is 0.224 e. The molecule has 0 aliphatic rings. The Kier molecular flexibility index (Phi) is 5.61. The van der Waals surface area contributed by atoms with Crippen LogP contribution in [0.1, 0.15) is 38.8 Å². The number of aryl methyl sites for hydroxylation is 1. The first-order valence-electron chi connectivity index (χ1n) is 6.09. The van der Waals surface area contributed by atoms with E-state index in [0.717, 1.165) is 24.6 Å². The van der Waals surface area contributed by atoms with Crippen molar-refractivity contribution in [1.29, 1.82) is 0 Å². The lowest BCUT2D eigenvalue weighted by molar-refractivity contribution is 0.742. The van der Waals surface area contributed by atoms with Gasteiger partial charge in [-0.1, -0.05) is 19.8 Å². The summed E-state index contributed by atoms with van der Waals surface area (Å²) in [6.07, 6.45) is 3.69. The van der Waals surface area contributed by atoms with Gasteiger partial charge >= 0.3 is 0 Å². The van der Waals surface area contributed by atoms with Crippen LogP contribution in [-0.4, -0.2) is 23.1 Å². The van der Waals surface area contributed by atoms with Crippen molar-refractivity contribution in [3.63, 3.8) is 0 Å². The third kappa shape index (κ3) is 4.47. The Bertz CT molecular complexity index is 312. The molecule has 0 radical (unpaired) electrons. The lowest BCUT2D eigenvalue weighted by Crippen LogP contribution is -2.08.